The first-order chi connectivity index (χ1) is 14.5. The Kier molecular flexibility index (Phi) is 6.91. The zero-order valence-corrected chi connectivity index (χ0v) is 17.8. The fourth-order valence-corrected chi connectivity index (χ4v) is 3.05. The van der Waals surface area contributed by atoms with Crippen LogP contribution in [-0.4, -0.2) is 34.7 Å². The van der Waals surface area contributed by atoms with E-state index < -0.39 is 0 Å². The van der Waals surface area contributed by atoms with E-state index in [1.54, 1.807) is 42.1 Å². The maximum Gasteiger partial charge on any atom is 0.246 e. The van der Waals surface area contributed by atoms with Gasteiger partial charge in [0, 0.05) is 31.9 Å². The van der Waals surface area contributed by atoms with Gasteiger partial charge in [-0.05, 0) is 54.5 Å². The largest absolute Gasteiger partial charge is 0.496 e. The van der Waals surface area contributed by atoms with Crippen LogP contribution in [0.1, 0.15) is 22.4 Å². The molecule has 6 nitrogen and oxygen atoms in total. The average molecular weight is 405 g/mol. The molecule has 0 N–H and O–H groups in total. The number of carbonyl (C=O) groups is 1. The summed E-state index contributed by atoms with van der Waals surface area (Å²) in [5.74, 6) is 1.48. The number of rotatable bonds is 8. The number of carbonyl (C=O) groups excluding carboxylic acids is 1. The molecule has 0 atom stereocenters. The van der Waals surface area contributed by atoms with Crippen molar-refractivity contribution >= 4 is 12.0 Å². The summed E-state index contributed by atoms with van der Waals surface area (Å²) in [5.41, 5.74) is 3.93. The third kappa shape index (κ3) is 5.50. The first kappa shape index (κ1) is 21.2. The van der Waals surface area contributed by atoms with Gasteiger partial charge in [0.1, 0.15) is 18.1 Å². The number of benzene rings is 2. The molecule has 1 aromatic heterocycles. The van der Waals surface area contributed by atoms with Crippen LogP contribution in [0, 0.1) is 6.92 Å². The number of amides is 1. The molecule has 3 rings (SSSR count). The van der Waals surface area contributed by atoms with Gasteiger partial charge in [0.2, 0.25) is 5.91 Å². The molecule has 156 valence electrons. The van der Waals surface area contributed by atoms with E-state index in [0.717, 1.165) is 33.9 Å². The van der Waals surface area contributed by atoms with E-state index in [4.69, 9.17) is 9.47 Å². The normalized spacial score (nSPS) is 10.9. The SMILES string of the molecule is COc1ccc(/C=C/C(=O)N(C)Cc2ccnn2C)cc1COc1cccc(C)c1. The Morgan fingerprint density at radius 3 is 2.73 bits per heavy atom. The Bertz CT molecular complexity index is 1040. The Morgan fingerprint density at radius 2 is 2.03 bits per heavy atom. The van der Waals surface area contributed by atoms with Crippen molar-refractivity contribution in [3.8, 4) is 11.5 Å². The minimum Gasteiger partial charge on any atom is -0.496 e. The lowest BCUT2D eigenvalue weighted by Crippen LogP contribution is -2.25. The molecular weight excluding hydrogens is 378 g/mol. The fourth-order valence-electron chi connectivity index (χ4n) is 3.05. The molecule has 0 unspecified atom stereocenters. The van der Waals surface area contributed by atoms with Crippen LogP contribution in [0.5, 0.6) is 11.5 Å². The molecule has 1 heterocycles. The second kappa shape index (κ2) is 9.78. The van der Waals surface area contributed by atoms with E-state index in [1.807, 2.05) is 62.5 Å². The van der Waals surface area contributed by atoms with Crippen LogP contribution in [0.4, 0.5) is 0 Å². The molecule has 0 fully saturated rings. The molecule has 0 aliphatic carbocycles. The molecular formula is C24H27N3O3. The topological polar surface area (TPSA) is 56.6 Å². The average Bonchev–Trinajstić information content (AvgIpc) is 3.14. The van der Waals surface area contributed by atoms with Crippen molar-refractivity contribution in [2.75, 3.05) is 14.2 Å². The number of nitrogens with zero attached hydrogens (tertiary/aromatic N) is 3. The number of aryl methyl sites for hydroxylation is 2. The van der Waals surface area contributed by atoms with Gasteiger partial charge < -0.3 is 14.4 Å². The summed E-state index contributed by atoms with van der Waals surface area (Å²) in [6, 6.07) is 15.6. The molecule has 30 heavy (non-hydrogen) atoms. The van der Waals surface area contributed by atoms with Crippen LogP contribution in [0.2, 0.25) is 0 Å². The third-order valence-corrected chi connectivity index (χ3v) is 4.80. The maximum absolute atomic E-state index is 12.5. The molecule has 6 heteroatoms. The first-order valence-electron chi connectivity index (χ1n) is 9.72. The van der Waals surface area contributed by atoms with E-state index >= 15 is 0 Å². The van der Waals surface area contributed by atoms with Gasteiger partial charge in [-0.2, -0.15) is 5.10 Å². The molecule has 0 aliphatic heterocycles. The predicted molar refractivity (Wildman–Crippen MR) is 117 cm³/mol. The highest BCUT2D eigenvalue weighted by Gasteiger charge is 2.09. The summed E-state index contributed by atoms with van der Waals surface area (Å²) in [5, 5.41) is 4.13. The molecule has 0 saturated heterocycles. The van der Waals surface area contributed by atoms with Crippen molar-refractivity contribution in [1.82, 2.24) is 14.7 Å². The van der Waals surface area contributed by atoms with E-state index in [0.29, 0.717) is 13.2 Å². The van der Waals surface area contributed by atoms with Crippen molar-refractivity contribution in [2.24, 2.45) is 7.05 Å². The smallest absolute Gasteiger partial charge is 0.246 e. The molecule has 3 aromatic rings. The number of hydrogen-bond donors (Lipinski definition) is 0. The van der Waals surface area contributed by atoms with Gasteiger partial charge in [0.25, 0.3) is 0 Å². The Hall–Kier alpha value is -3.54. The van der Waals surface area contributed by atoms with Crippen molar-refractivity contribution < 1.29 is 14.3 Å². The lowest BCUT2D eigenvalue weighted by atomic mass is 10.1. The highest BCUT2D eigenvalue weighted by Crippen LogP contribution is 2.23. The van der Waals surface area contributed by atoms with Crippen LogP contribution < -0.4 is 9.47 Å². The number of aromatic nitrogens is 2. The monoisotopic (exact) mass is 405 g/mol. The Morgan fingerprint density at radius 1 is 1.20 bits per heavy atom. The molecule has 2 aromatic carbocycles. The van der Waals surface area contributed by atoms with Gasteiger partial charge in [-0.25, -0.2) is 0 Å². The Labute approximate surface area is 177 Å². The van der Waals surface area contributed by atoms with E-state index in [1.165, 1.54) is 0 Å². The zero-order chi connectivity index (χ0) is 21.5. The summed E-state index contributed by atoms with van der Waals surface area (Å²) >= 11 is 0. The van der Waals surface area contributed by atoms with Gasteiger partial charge in [-0.15, -0.1) is 0 Å². The van der Waals surface area contributed by atoms with Gasteiger partial charge in [-0.3, -0.25) is 9.48 Å². The highest BCUT2D eigenvalue weighted by molar-refractivity contribution is 5.91. The van der Waals surface area contributed by atoms with Crippen molar-refractivity contribution in [3.05, 3.63) is 83.2 Å². The van der Waals surface area contributed by atoms with Gasteiger partial charge in [0.05, 0.1) is 19.3 Å². The molecule has 0 spiro atoms. The molecule has 0 bridgehead atoms. The molecule has 0 aliphatic rings. The number of likely N-dealkylation sites (N-methyl/N-ethyl adjacent to an activating group) is 1. The van der Waals surface area contributed by atoms with Crippen LogP contribution >= 0.6 is 0 Å². The first-order valence-corrected chi connectivity index (χ1v) is 9.72. The predicted octanol–water partition coefficient (Wildman–Crippen LogP) is 3.99. The summed E-state index contributed by atoms with van der Waals surface area (Å²) in [6.45, 7) is 2.90. The second-order valence-electron chi connectivity index (χ2n) is 7.15. The maximum atomic E-state index is 12.5. The summed E-state index contributed by atoms with van der Waals surface area (Å²) in [6.07, 6.45) is 5.10. The Balaban J connectivity index is 1.67. The third-order valence-electron chi connectivity index (χ3n) is 4.80. The van der Waals surface area contributed by atoms with Crippen molar-refractivity contribution in [3.63, 3.8) is 0 Å². The van der Waals surface area contributed by atoms with Gasteiger partial charge in [0.15, 0.2) is 0 Å². The van der Waals surface area contributed by atoms with E-state index in [-0.39, 0.29) is 5.91 Å². The summed E-state index contributed by atoms with van der Waals surface area (Å²) in [7, 11) is 5.27. The quantitative estimate of drug-likeness (QED) is 0.532. The van der Waals surface area contributed by atoms with Crippen molar-refractivity contribution in [2.45, 2.75) is 20.1 Å². The standard InChI is InChI=1S/C24H27N3O3/c1-18-6-5-7-22(14-18)30-17-20-15-19(8-10-23(20)29-4)9-11-24(28)26(2)16-21-12-13-25-27(21)3/h5-15H,16-17H2,1-4H3/b11-9+. The number of methoxy groups -OCH3 is 1. The summed E-state index contributed by atoms with van der Waals surface area (Å²) < 4.78 is 13.1. The summed E-state index contributed by atoms with van der Waals surface area (Å²) in [4.78, 5) is 14.1. The van der Waals surface area contributed by atoms with Crippen LogP contribution in [0.25, 0.3) is 6.08 Å². The van der Waals surface area contributed by atoms with Gasteiger partial charge >= 0.3 is 0 Å². The number of ether oxygens (including phenoxy) is 2. The molecule has 0 radical (unpaired) electrons. The van der Waals surface area contributed by atoms with Crippen LogP contribution in [-0.2, 0) is 25.0 Å². The second-order valence-corrected chi connectivity index (χ2v) is 7.15. The molecule has 1 amide bonds. The number of hydrogen-bond acceptors (Lipinski definition) is 4. The van der Waals surface area contributed by atoms with Gasteiger partial charge in [-0.1, -0.05) is 18.2 Å². The lowest BCUT2D eigenvalue weighted by Gasteiger charge is -2.15. The van der Waals surface area contributed by atoms with Crippen LogP contribution in [0.15, 0.2) is 60.8 Å². The highest BCUT2D eigenvalue weighted by atomic mass is 16.5. The van der Waals surface area contributed by atoms with Crippen LogP contribution in [0.3, 0.4) is 0 Å². The fraction of sp³-hybridized carbons (Fsp3) is 0.250. The molecule has 0 saturated carbocycles. The van der Waals surface area contributed by atoms with E-state index in [9.17, 15) is 4.79 Å². The minimum absolute atomic E-state index is 0.0791. The van der Waals surface area contributed by atoms with E-state index in [2.05, 4.69) is 5.10 Å². The van der Waals surface area contributed by atoms with Crippen molar-refractivity contribution in [1.29, 1.82) is 0 Å². The zero-order valence-electron chi connectivity index (χ0n) is 17.8. The minimum atomic E-state index is -0.0791. The lowest BCUT2D eigenvalue weighted by molar-refractivity contribution is -0.125.